The maximum atomic E-state index is 14.0. The second-order valence-electron chi connectivity index (χ2n) is 14.0. The van der Waals surface area contributed by atoms with Gasteiger partial charge in [0.1, 0.15) is 30.2 Å². The number of rotatable bonds is 28. The molecule has 1 heterocycles. The Balaban J connectivity index is 2.33. The minimum atomic E-state index is -1.56. The molecule has 2 rings (SSSR count). The molecule has 2 aromatic rings. The number of carbonyl (C=O) groups is 8. The van der Waals surface area contributed by atoms with Crippen molar-refractivity contribution >= 4 is 52.9 Å². The highest BCUT2D eigenvalue weighted by Gasteiger charge is 2.30. The number of phenols is 1. The van der Waals surface area contributed by atoms with Crippen molar-refractivity contribution in [1.82, 2.24) is 42.2 Å². The molecule has 15 N–H and O–H groups in total. The third-order valence-electron chi connectivity index (χ3n) is 9.03. The Morgan fingerprint density at radius 1 is 0.710 bits per heavy atom. The van der Waals surface area contributed by atoms with E-state index < -0.39 is 120 Å². The van der Waals surface area contributed by atoms with E-state index in [2.05, 4.69) is 42.2 Å². The first kappa shape index (κ1) is 51.4. The fraction of sp³-hybridized carbons (Fsp3) is 0.500. The highest BCUT2D eigenvalue weighted by Crippen LogP contribution is 2.27. The van der Waals surface area contributed by atoms with E-state index in [9.17, 15) is 58.7 Å². The Morgan fingerprint density at radius 2 is 1.26 bits per heavy atom. The highest BCUT2D eigenvalue weighted by molar-refractivity contribution is 5.96. The van der Waals surface area contributed by atoms with Crippen molar-refractivity contribution in [2.24, 2.45) is 17.2 Å². The number of nitro groups is 1. The number of nitrogens with one attached hydrogen (secondary N) is 7. The Hall–Kier alpha value is -6.79. The lowest BCUT2D eigenvalue weighted by molar-refractivity contribution is -0.385. The number of aliphatic hydroxyl groups is 1. The summed E-state index contributed by atoms with van der Waals surface area (Å²) in [5.41, 5.74) is 16.2. The maximum Gasteiger partial charge on any atom is 0.310 e. The molecule has 1 aromatic carbocycles. The van der Waals surface area contributed by atoms with E-state index in [1.54, 1.807) is 18.2 Å². The molecule has 0 aliphatic carbocycles. The second-order valence-corrected chi connectivity index (χ2v) is 14.0. The SMILES string of the molecule is CC(=O)N[C@@H](CO)C(=O)N[C@@H](CCCCN)C(=O)NCC(=O)N[C@@H](Cc1ccccn1)C(=O)N[C@@H](Cc1ccc(O)c([N+](=O)[O-])c1)C(=O)NCC(=O)N[C@@H](CCCCN)C(N)=O. The summed E-state index contributed by atoms with van der Waals surface area (Å²) >= 11 is 0. The summed E-state index contributed by atoms with van der Waals surface area (Å²) in [4.78, 5) is 118. The lowest BCUT2D eigenvalue weighted by atomic mass is 10.0. The van der Waals surface area contributed by atoms with E-state index in [-0.39, 0.29) is 31.4 Å². The fourth-order valence-electron chi connectivity index (χ4n) is 5.82. The van der Waals surface area contributed by atoms with Gasteiger partial charge in [0, 0.05) is 37.7 Å². The van der Waals surface area contributed by atoms with Gasteiger partial charge in [0.05, 0.1) is 24.6 Å². The number of nitrogens with two attached hydrogens (primary N) is 3. The summed E-state index contributed by atoms with van der Waals surface area (Å²) in [5.74, 6) is -7.36. The van der Waals surface area contributed by atoms with Crippen LogP contribution >= 0.6 is 0 Å². The van der Waals surface area contributed by atoms with Gasteiger partial charge in [0.15, 0.2) is 5.75 Å². The average molecular weight is 873 g/mol. The summed E-state index contributed by atoms with van der Waals surface area (Å²) in [6.45, 7) is -0.379. The number of benzene rings is 1. The largest absolute Gasteiger partial charge is 0.502 e. The van der Waals surface area contributed by atoms with Gasteiger partial charge in [0.25, 0.3) is 0 Å². The van der Waals surface area contributed by atoms with Crippen LogP contribution in [0.2, 0.25) is 0 Å². The van der Waals surface area contributed by atoms with Crippen molar-refractivity contribution in [2.45, 2.75) is 88.5 Å². The molecule has 0 bridgehead atoms. The van der Waals surface area contributed by atoms with Crippen LogP contribution < -0.4 is 54.4 Å². The molecule has 340 valence electrons. The number of hydrogen-bond donors (Lipinski definition) is 12. The van der Waals surface area contributed by atoms with Crippen molar-refractivity contribution in [3.05, 3.63) is 64.0 Å². The van der Waals surface area contributed by atoms with E-state index in [4.69, 9.17) is 17.2 Å². The Bertz CT molecular complexity index is 1870. The summed E-state index contributed by atoms with van der Waals surface area (Å²) in [7, 11) is 0. The number of unbranched alkanes of at least 4 members (excludes halogenated alkanes) is 2. The van der Waals surface area contributed by atoms with Crippen LogP contribution in [0.3, 0.4) is 0 Å². The number of hydrogen-bond acceptors (Lipinski definition) is 15. The van der Waals surface area contributed by atoms with E-state index in [1.165, 1.54) is 12.3 Å². The third-order valence-corrected chi connectivity index (χ3v) is 9.03. The first-order chi connectivity index (χ1) is 29.5. The second kappa shape index (κ2) is 27.1. The summed E-state index contributed by atoms with van der Waals surface area (Å²) in [6.07, 6.45) is 2.96. The smallest absolute Gasteiger partial charge is 0.310 e. The minimum Gasteiger partial charge on any atom is -0.502 e. The number of aliphatic hydroxyl groups excluding tert-OH is 1. The van der Waals surface area contributed by atoms with Gasteiger partial charge >= 0.3 is 5.69 Å². The molecule has 0 spiro atoms. The molecule has 0 saturated heterocycles. The molecular weight excluding hydrogens is 816 g/mol. The van der Waals surface area contributed by atoms with Crippen LogP contribution in [0.4, 0.5) is 5.69 Å². The number of aromatic hydroxyl groups is 1. The molecule has 8 amide bonds. The molecule has 0 saturated carbocycles. The quantitative estimate of drug-likeness (QED) is 0.0220. The van der Waals surface area contributed by atoms with Crippen LogP contribution in [-0.2, 0) is 51.2 Å². The summed E-state index contributed by atoms with van der Waals surface area (Å²) < 4.78 is 0. The lowest BCUT2D eigenvalue weighted by Crippen LogP contribution is -2.57. The van der Waals surface area contributed by atoms with Gasteiger partial charge in [-0.15, -0.1) is 0 Å². The van der Waals surface area contributed by atoms with Crippen LogP contribution in [0.25, 0.3) is 0 Å². The molecule has 0 aliphatic rings. The molecule has 24 nitrogen and oxygen atoms in total. The first-order valence-corrected chi connectivity index (χ1v) is 19.7. The predicted molar refractivity (Wildman–Crippen MR) is 220 cm³/mol. The van der Waals surface area contributed by atoms with E-state index in [0.717, 1.165) is 19.1 Å². The van der Waals surface area contributed by atoms with Crippen molar-refractivity contribution < 1.29 is 53.5 Å². The van der Waals surface area contributed by atoms with Gasteiger partial charge in [-0.2, -0.15) is 0 Å². The molecule has 5 atom stereocenters. The minimum absolute atomic E-state index is 0.0785. The number of phenolic OH excluding ortho intramolecular Hbond substituents is 1. The Morgan fingerprint density at radius 3 is 1.79 bits per heavy atom. The lowest BCUT2D eigenvalue weighted by Gasteiger charge is -2.24. The zero-order valence-corrected chi connectivity index (χ0v) is 34.2. The number of pyridine rings is 1. The van der Waals surface area contributed by atoms with Crippen molar-refractivity contribution in [2.75, 3.05) is 32.8 Å². The normalized spacial score (nSPS) is 13.2. The van der Waals surface area contributed by atoms with Gasteiger partial charge in [-0.05, 0) is 75.4 Å². The van der Waals surface area contributed by atoms with Crippen LogP contribution in [0.15, 0.2) is 42.6 Å². The van der Waals surface area contributed by atoms with E-state index in [0.29, 0.717) is 37.9 Å². The average Bonchev–Trinajstić information content (AvgIpc) is 3.23. The molecule has 24 heteroatoms. The van der Waals surface area contributed by atoms with Gasteiger partial charge < -0.3 is 64.6 Å². The molecule has 62 heavy (non-hydrogen) atoms. The fourth-order valence-corrected chi connectivity index (χ4v) is 5.82. The third kappa shape index (κ3) is 18.6. The van der Waals surface area contributed by atoms with Gasteiger partial charge in [-0.1, -0.05) is 12.1 Å². The number of amides is 8. The monoisotopic (exact) mass is 872 g/mol. The molecule has 0 radical (unpaired) electrons. The standard InChI is InChI=1S/C38H56N12O12/c1-22(52)45-29(21-51)38(60)48-26(10-3-6-14-40)35(57)43-20-33(55)47-28(18-24-8-4-7-15-42-24)37(59)49-27(16-23-11-12-31(53)30(17-23)50(61)62)36(58)44-19-32(54)46-25(34(41)56)9-2-5-13-39/h4,7-8,11-12,15,17,25-29,51,53H,2-3,5-6,9-10,13-14,16,18-21,39-40H2,1H3,(H2,41,56)(H,43,57)(H,44,58)(H,45,52)(H,46,54)(H,47,55)(H,48,60)(H,49,59)/t25-,26-,27-,28-,29-/m0/s1. The van der Waals surface area contributed by atoms with Crippen LogP contribution in [0.1, 0.15) is 56.7 Å². The van der Waals surface area contributed by atoms with Crippen LogP contribution in [0.5, 0.6) is 5.75 Å². The molecular formula is C38H56N12O12. The molecule has 1 aromatic heterocycles. The first-order valence-electron chi connectivity index (χ1n) is 19.7. The topological polar surface area (TPSA) is 395 Å². The zero-order chi connectivity index (χ0) is 46.2. The number of nitrogens with zero attached hydrogens (tertiary/aromatic N) is 2. The van der Waals surface area contributed by atoms with Crippen molar-refractivity contribution in [3.63, 3.8) is 0 Å². The number of nitro benzene ring substituents is 1. The van der Waals surface area contributed by atoms with E-state index >= 15 is 0 Å². The van der Waals surface area contributed by atoms with Gasteiger partial charge in [0.2, 0.25) is 47.3 Å². The Kier molecular flexibility index (Phi) is 22.5. The number of aromatic nitrogens is 1. The zero-order valence-electron chi connectivity index (χ0n) is 34.2. The maximum absolute atomic E-state index is 14.0. The highest BCUT2D eigenvalue weighted by atomic mass is 16.6. The van der Waals surface area contributed by atoms with Crippen LogP contribution in [0, 0.1) is 10.1 Å². The van der Waals surface area contributed by atoms with Crippen LogP contribution in [-0.4, -0.2) is 130 Å². The Labute approximate surface area is 356 Å². The van der Waals surface area contributed by atoms with E-state index in [1.807, 2.05) is 0 Å². The van der Waals surface area contributed by atoms with Crippen molar-refractivity contribution in [1.29, 1.82) is 0 Å². The predicted octanol–water partition coefficient (Wildman–Crippen LogP) is -4.11. The summed E-state index contributed by atoms with van der Waals surface area (Å²) in [5, 5.41) is 47.9. The molecule has 0 aliphatic heterocycles. The molecule has 0 fully saturated rings. The summed E-state index contributed by atoms with van der Waals surface area (Å²) in [6, 6.07) is 1.39. The number of primary amides is 1. The van der Waals surface area contributed by atoms with Gasteiger partial charge in [-0.25, -0.2) is 0 Å². The molecule has 0 unspecified atom stereocenters. The number of carbonyl (C=O) groups excluding carboxylic acids is 8. The van der Waals surface area contributed by atoms with Crippen molar-refractivity contribution in [3.8, 4) is 5.75 Å². The van der Waals surface area contributed by atoms with Gasteiger partial charge in [-0.3, -0.25) is 53.5 Å².